The highest BCUT2D eigenvalue weighted by Gasteiger charge is 2.47. The molecule has 2 aliphatic rings. The molecule has 16 atom stereocenters. The number of hydrogen-bond donors (Lipinski definition) is 17. The van der Waals surface area contributed by atoms with Gasteiger partial charge in [-0.1, -0.05) is 0 Å². The minimum absolute atomic E-state index is 0.0148. The molecule has 0 spiro atoms. The first-order valence-electron chi connectivity index (χ1n) is 29.4. The van der Waals surface area contributed by atoms with Crippen molar-refractivity contribution in [2.45, 2.75) is 184 Å². The van der Waals surface area contributed by atoms with Gasteiger partial charge in [0.2, 0.25) is 47.3 Å². The maximum absolute atomic E-state index is 13.7. The second kappa shape index (κ2) is 43.7. The highest BCUT2D eigenvalue weighted by molar-refractivity contribution is 5.90. The van der Waals surface area contributed by atoms with E-state index in [-0.39, 0.29) is 111 Å². The summed E-state index contributed by atoms with van der Waals surface area (Å²) in [5.74, 6) is -4.92. The zero-order chi connectivity index (χ0) is 66.6. The highest BCUT2D eigenvalue weighted by atomic mass is 16.7. The lowest BCUT2D eigenvalue weighted by atomic mass is 9.97. The molecule has 0 radical (unpaired) electrons. The Hall–Kier alpha value is -5.00. The first kappa shape index (κ1) is 80.1. The van der Waals surface area contributed by atoms with Crippen LogP contribution < -0.4 is 42.5 Å². The van der Waals surface area contributed by atoms with Crippen molar-refractivity contribution >= 4 is 47.3 Å². The zero-order valence-corrected chi connectivity index (χ0v) is 51.7. The molecule has 516 valence electrons. The number of carbonyl (C=O) groups excluding carboxylic acids is 8. The lowest BCUT2D eigenvalue weighted by Crippen LogP contribution is -2.64. The SMILES string of the molecule is CCOC(C)(C)CCC(=O)NC(CCC(=O)NC(CCC(=O)NCCOCCOC1OC(CO)C(O)C(O)C1NC(C)=O)C(=O)NCCOCCOC1OC(CO)C(O)C(O)C1NC(C)=O)C(=O)NCCOCCOC(NC(C)=O)C(O)C(O)C(CO)OC. The van der Waals surface area contributed by atoms with E-state index in [4.69, 9.17) is 47.4 Å². The predicted molar refractivity (Wildman–Crippen MR) is 305 cm³/mol. The van der Waals surface area contributed by atoms with Crippen molar-refractivity contribution in [3.63, 3.8) is 0 Å². The number of ether oxygens (including phenoxy) is 10. The third-order valence-corrected chi connectivity index (χ3v) is 13.7. The smallest absolute Gasteiger partial charge is 0.242 e. The predicted octanol–water partition coefficient (Wildman–Crippen LogP) is -8.36. The summed E-state index contributed by atoms with van der Waals surface area (Å²) in [7, 11) is 1.21. The summed E-state index contributed by atoms with van der Waals surface area (Å²) in [4.78, 5) is 103. The van der Waals surface area contributed by atoms with Crippen LogP contribution in [-0.2, 0) is 85.7 Å². The molecule has 0 bridgehead atoms. The average molecular weight is 1290 g/mol. The molecule has 2 heterocycles. The molecule has 17 N–H and O–H groups in total. The van der Waals surface area contributed by atoms with Crippen molar-refractivity contribution in [2.24, 2.45) is 0 Å². The Bertz CT molecular complexity index is 2100. The Morgan fingerprint density at radius 2 is 0.978 bits per heavy atom. The van der Waals surface area contributed by atoms with Gasteiger partial charge in [-0.05, 0) is 40.0 Å². The van der Waals surface area contributed by atoms with Crippen LogP contribution in [0.1, 0.15) is 80.1 Å². The summed E-state index contributed by atoms with van der Waals surface area (Å²) < 4.78 is 55.1. The number of methoxy groups -OCH3 is 1. The maximum Gasteiger partial charge on any atom is 0.242 e. The number of aliphatic hydroxyl groups excluding tert-OH is 9. The summed E-state index contributed by atoms with van der Waals surface area (Å²) in [6.07, 6.45) is -17.9. The molecule has 35 nitrogen and oxygen atoms in total. The molecule has 8 amide bonds. The molecular weight excluding hydrogens is 1190 g/mol. The van der Waals surface area contributed by atoms with Crippen LogP contribution in [0.4, 0.5) is 0 Å². The van der Waals surface area contributed by atoms with Crippen LogP contribution in [0.15, 0.2) is 0 Å². The first-order valence-corrected chi connectivity index (χ1v) is 29.4. The van der Waals surface area contributed by atoms with Crippen LogP contribution in [-0.4, -0.2) is 309 Å². The van der Waals surface area contributed by atoms with Crippen molar-refractivity contribution in [3.8, 4) is 0 Å². The third kappa shape index (κ3) is 30.8. The molecule has 2 aliphatic heterocycles. The Morgan fingerprint density at radius 3 is 1.39 bits per heavy atom. The largest absolute Gasteiger partial charge is 0.394 e. The van der Waals surface area contributed by atoms with Gasteiger partial charge < -0.3 is 136 Å². The van der Waals surface area contributed by atoms with E-state index in [0.717, 1.165) is 6.92 Å². The van der Waals surface area contributed by atoms with E-state index in [1.165, 1.54) is 21.0 Å². The lowest BCUT2D eigenvalue weighted by Gasteiger charge is -2.42. The second-order valence-corrected chi connectivity index (χ2v) is 21.3. The number of aliphatic hydroxyl groups is 9. The summed E-state index contributed by atoms with van der Waals surface area (Å²) in [5, 5.41) is 111. The molecule has 2 fully saturated rings. The fourth-order valence-electron chi connectivity index (χ4n) is 8.95. The van der Waals surface area contributed by atoms with Gasteiger partial charge in [-0.2, -0.15) is 0 Å². The average Bonchev–Trinajstić information content (AvgIpc) is 3.48. The van der Waals surface area contributed by atoms with Gasteiger partial charge in [-0.25, -0.2) is 0 Å². The van der Waals surface area contributed by atoms with E-state index in [1.54, 1.807) is 20.8 Å². The van der Waals surface area contributed by atoms with Crippen molar-refractivity contribution in [1.29, 1.82) is 0 Å². The summed E-state index contributed by atoms with van der Waals surface area (Å²) in [6.45, 7) is 6.14. The van der Waals surface area contributed by atoms with E-state index < -0.39 is 177 Å². The van der Waals surface area contributed by atoms with Gasteiger partial charge in [0.1, 0.15) is 79.1 Å². The van der Waals surface area contributed by atoms with Gasteiger partial charge in [0.05, 0.1) is 84.9 Å². The first-order chi connectivity index (χ1) is 42.2. The minimum atomic E-state index is -1.71. The molecular formula is C54H98N8O27. The fourth-order valence-corrected chi connectivity index (χ4v) is 8.95. The van der Waals surface area contributed by atoms with E-state index in [1.807, 2.05) is 0 Å². The van der Waals surface area contributed by atoms with Crippen LogP contribution >= 0.6 is 0 Å². The van der Waals surface area contributed by atoms with Crippen LogP contribution in [0.3, 0.4) is 0 Å². The second-order valence-electron chi connectivity index (χ2n) is 21.3. The Kier molecular flexibility index (Phi) is 39.3. The highest BCUT2D eigenvalue weighted by Crippen LogP contribution is 2.24. The molecule has 35 heteroatoms. The van der Waals surface area contributed by atoms with Crippen LogP contribution in [0.5, 0.6) is 0 Å². The molecule has 0 aromatic rings. The van der Waals surface area contributed by atoms with E-state index >= 15 is 0 Å². The van der Waals surface area contributed by atoms with Gasteiger partial charge in [0, 0.05) is 73.4 Å². The molecule has 89 heavy (non-hydrogen) atoms. The number of amides is 8. The Balaban J connectivity index is 2.10. The van der Waals surface area contributed by atoms with Gasteiger partial charge in [-0.3, -0.25) is 38.4 Å². The Morgan fingerprint density at radius 1 is 0.539 bits per heavy atom. The monoisotopic (exact) mass is 1290 g/mol. The van der Waals surface area contributed by atoms with Crippen molar-refractivity contribution in [2.75, 3.05) is 113 Å². The molecule has 0 aromatic heterocycles. The quantitative estimate of drug-likeness (QED) is 0.0199. The molecule has 0 saturated carbocycles. The summed E-state index contributed by atoms with van der Waals surface area (Å²) in [6, 6.07) is -4.96. The third-order valence-electron chi connectivity index (χ3n) is 13.7. The minimum Gasteiger partial charge on any atom is -0.394 e. The molecule has 16 unspecified atom stereocenters. The van der Waals surface area contributed by atoms with Gasteiger partial charge in [-0.15, -0.1) is 0 Å². The number of nitrogens with one attached hydrogen (secondary N) is 8. The van der Waals surface area contributed by atoms with Crippen LogP contribution in [0.25, 0.3) is 0 Å². The Labute approximate surface area is 516 Å². The maximum atomic E-state index is 13.7. The normalized spacial score (nSPS) is 24.0. The molecule has 0 aliphatic carbocycles. The number of carbonyl (C=O) groups is 8. The molecule has 2 rings (SSSR count). The van der Waals surface area contributed by atoms with Crippen LogP contribution in [0.2, 0.25) is 0 Å². The lowest BCUT2D eigenvalue weighted by molar-refractivity contribution is -0.272. The van der Waals surface area contributed by atoms with Crippen molar-refractivity contribution in [3.05, 3.63) is 0 Å². The topological polar surface area (TPSA) is 507 Å². The van der Waals surface area contributed by atoms with E-state index in [9.17, 15) is 84.3 Å². The fraction of sp³-hybridized carbons (Fsp3) is 0.852. The van der Waals surface area contributed by atoms with Crippen molar-refractivity contribution in [1.82, 2.24) is 42.5 Å². The molecule has 2 saturated heterocycles. The van der Waals surface area contributed by atoms with Gasteiger partial charge >= 0.3 is 0 Å². The van der Waals surface area contributed by atoms with E-state index in [0.29, 0.717) is 6.61 Å². The van der Waals surface area contributed by atoms with Gasteiger partial charge in [0.25, 0.3) is 0 Å². The zero-order valence-electron chi connectivity index (χ0n) is 51.7. The summed E-state index contributed by atoms with van der Waals surface area (Å²) >= 11 is 0. The van der Waals surface area contributed by atoms with Crippen molar-refractivity contribution < 1.29 is 132 Å². The summed E-state index contributed by atoms with van der Waals surface area (Å²) in [5.41, 5.74) is -0.683. The standard InChI is InChI=1S/C54H98N8O27/c1-8-87-54(5,6)14-13-40(71)62-34(50(79)57-16-19-82-21-24-84-51(60-32(4)68)48(77)43(72)35(27-63)80-7)10-12-39(70)61-33(49(78)56-17-20-83-23-26-86-53-42(59-31(3)67)47(76)45(74)37(29-65)89-53)9-11-38(69)55-15-18-81-22-25-85-52-41(58-30(2)66)46(75)44(73)36(28-64)88-52/h33-37,41-48,51-53,63-65,72-77H,8-29H2,1-7H3,(H,55,69)(H,56,78)(H,57,79)(H,58,66)(H,59,67)(H,60,68)(H,61,70)(H,62,71). The van der Waals surface area contributed by atoms with Crippen LogP contribution in [0, 0.1) is 0 Å². The van der Waals surface area contributed by atoms with Gasteiger partial charge in [0.15, 0.2) is 18.8 Å². The number of hydrogen-bond acceptors (Lipinski definition) is 27. The number of rotatable bonds is 46. The molecule has 0 aromatic carbocycles. The van der Waals surface area contributed by atoms with E-state index in [2.05, 4.69) is 42.5 Å².